The zero-order valence-electron chi connectivity index (χ0n) is 6.75. The van der Waals surface area contributed by atoms with E-state index in [0.717, 1.165) is 0 Å². The molecule has 1 aromatic heterocycles. The average molecular weight is 246 g/mol. The fourth-order valence-electron chi connectivity index (χ4n) is 1.04. The molecule has 1 aliphatic rings. The molecule has 13 heavy (non-hydrogen) atoms. The van der Waals surface area contributed by atoms with Crippen molar-refractivity contribution in [2.24, 2.45) is 0 Å². The van der Waals surface area contributed by atoms with Gasteiger partial charge >= 0.3 is 0 Å². The highest BCUT2D eigenvalue weighted by Crippen LogP contribution is 2.17. The minimum Gasteiger partial charge on any atom is -0.457 e. The molecule has 70 valence electrons. The van der Waals surface area contributed by atoms with E-state index in [0.29, 0.717) is 23.4 Å². The largest absolute Gasteiger partial charge is 0.457 e. The number of hydrogen-bond donors (Lipinski definition) is 1. The Morgan fingerprint density at radius 1 is 1.62 bits per heavy atom. The normalized spacial score (nSPS) is 16.7. The van der Waals surface area contributed by atoms with Gasteiger partial charge in [0.05, 0.1) is 31.1 Å². The minimum atomic E-state index is -0.131. The van der Waals surface area contributed by atoms with Crippen LogP contribution in [0.4, 0.5) is 0 Å². The fraction of sp³-hybridized carbons (Fsp3) is 0.375. The zero-order chi connectivity index (χ0) is 9.26. The van der Waals surface area contributed by atoms with Crippen molar-refractivity contribution >= 4 is 21.8 Å². The van der Waals surface area contributed by atoms with Crippen LogP contribution in [0, 0.1) is 0 Å². The smallest absolute Gasteiger partial charge is 0.256 e. The van der Waals surface area contributed by atoms with Crippen LogP contribution in [0.1, 0.15) is 10.4 Å². The Balaban J connectivity index is 2.00. The molecule has 1 N–H and O–H groups in total. The van der Waals surface area contributed by atoms with Gasteiger partial charge in [-0.05, 0) is 22.0 Å². The predicted octanol–water partition coefficient (Wildman–Crippen LogP) is 1.17. The van der Waals surface area contributed by atoms with Gasteiger partial charge < -0.3 is 14.5 Å². The molecular weight excluding hydrogens is 238 g/mol. The summed E-state index contributed by atoms with van der Waals surface area (Å²) in [4.78, 5) is 11.5. The first-order chi connectivity index (χ1) is 6.27. The van der Waals surface area contributed by atoms with E-state index in [1.807, 2.05) is 0 Å². The van der Waals surface area contributed by atoms with Gasteiger partial charge in [-0.1, -0.05) is 0 Å². The molecule has 1 fully saturated rings. The van der Waals surface area contributed by atoms with Gasteiger partial charge in [0.1, 0.15) is 0 Å². The van der Waals surface area contributed by atoms with Crippen LogP contribution in [0.25, 0.3) is 0 Å². The molecule has 0 aromatic carbocycles. The van der Waals surface area contributed by atoms with E-state index in [2.05, 4.69) is 21.2 Å². The van der Waals surface area contributed by atoms with Crippen molar-refractivity contribution in [2.45, 2.75) is 6.04 Å². The van der Waals surface area contributed by atoms with Crippen LogP contribution >= 0.6 is 15.9 Å². The number of hydrogen-bond acceptors (Lipinski definition) is 3. The van der Waals surface area contributed by atoms with Crippen LogP contribution < -0.4 is 5.32 Å². The number of ether oxygens (including phenoxy) is 1. The summed E-state index contributed by atoms with van der Waals surface area (Å²) in [5, 5.41) is 2.81. The second-order valence-electron chi connectivity index (χ2n) is 2.82. The summed E-state index contributed by atoms with van der Waals surface area (Å²) in [6, 6.07) is 1.77. The van der Waals surface area contributed by atoms with Crippen molar-refractivity contribution in [3.63, 3.8) is 0 Å². The van der Waals surface area contributed by atoms with Crippen molar-refractivity contribution in [3.8, 4) is 0 Å². The highest BCUT2D eigenvalue weighted by Gasteiger charge is 2.22. The molecule has 0 unspecified atom stereocenters. The molecule has 2 heterocycles. The van der Waals surface area contributed by atoms with Crippen LogP contribution in [0.5, 0.6) is 0 Å². The van der Waals surface area contributed by atoms with E-state index in [1.165, 1.54) is 6.26 Å². The second-order valence-corrected chi connectivity index (χ2v) is 3.54. The molecule has 0 radical (unpaired) electrons. The Bertz CT molecular complexity index is 319. The number of rotatable bonds is 2. The minimum absolute atomic E-state index is 0.131. The van der Waals surface area contributed by atoms with Gasteiger partial charge in [-0.3, -0.25) is 4.79 Å². The Morgan fingerprint density at radius 2 is 2.38 bits per heavy atom. The first-order valence-corrected chi connectivity index (χ1v) is 4.68. The number of halogens is 1. The summed E-state index contributed by atoms with van der Waals surface area (Å²) in [7, 11) is 0. The Labute approximate surface area is 83.4 Å². The second kappa shape index (κ2) is 3.51. The summed E-state index contributed by atoms with van der Waals surface area (Å²) in [6.45, 7) is 1.20. The standard InChI is InChI=1S/C8H8BrNO3/c9-7-6(1-2-13-7)8(11)10-5-3-12-4-5/h1-2,5H,3-4H2,(H,10,11). The number of nitrogens with one attached hydrogen (secondary N) is 1. The van der Waals surface area contributed by atoms with Gasteiger partial charge in [0.2, 0.25) is 0 Å². The number of carbonyl (C=O) groups excluding carboxylic acids is 1. The maximum absolute atomic E-state index is 11.5. The molecule has 5 heteroatoms. The third-order valence-electron chi connectivity index (χ3n) is 1.84. The zero-order valence-corrected chi connectivity index (χ0v) is 8.33. The molecule has 1 aliphatic heterocycles. The van der Waals surface area contributed by atoms with Gasteiger partial charge in [-0.2, -0.15) is 0 Å². The summed E-state index contributed by atoms with van der Waals surface area (Å²) < 4.78 is 10.3. The predicted molar refractivity (Wildman–Crippen MR) is 48.5 cm³/mol. The van der Waals surface area contributed by atoms with E-state index in [1.54, 1.807) is 6.07 Å². The maximum atomic E-state index is 11.5. The van der Waals surface area contributed by atoms with Gasteiger partial charge in [-0.25, -0.2) is 0 Å². The number of carbonyl (C=O) groups is 1. The molecule has 0 spiro atoms. The van der Waals surface area contributed by atoms with Crippen LogP contribution in [0.3, 0.4) is 0 Å². The van der Waals surface area contributed by atoms with Crippen molar-refractivity contribution < 1.29 is 13.9 Å². The van der Waals surface area contributed by atoms with Crippen molar-refractivity contribution in [2.75, 3.05) is 13.2 Å². The fourth-order valence-corrected chi connectivity index (χ4v) is 1.46. The molecule has 0 bridgehead atoms. The summed E-state index contributed by atoms with van der Waals surface area (Å²) in [5.74, 6) is -0.131. The van der Waals surface area contributed by atoms with Crippen molar-refractivity contribution in [1.82, 2.24) is 5.32 Å². The molecule has 4 nitrogen and oxygen atoms in total. The lowest BCUT2D eigenvalue weighted by atomic mass is 10.2. The van der Waals surface area contributed by atoms with E-state index >= 15 is 0 Å². The molecule has 1 aromatic rings. The number of furan rings is 1. The lowest BCUT2D eigenvalue weighted by molar-refractivity contribution is -0.00349. The summed E-state index contributed by atoms with van der Waals surface area (Å²) in [5.41, 5.74) is 0.520. The molecule has 0 saturated carbocycles. The molecule has 2 rings (SSSR count). The Hall–Kier alpha value is -0.810. The Morgan fingerprint density at radius 3 is 2.85 bits per heavy atom. The lowest BCUT2D eigenvalue weighted by Crippen LogP contribution is -2.48. The van der Waals surface area contributed by atoms with Crippen LogP contribution in [0.15, 0.2) is 21.4 Å². The average Bonchev–Trinajstić information content (AvgIpc) is 2.43. The van der Waals surface area contributed by atoms with E-state index in [-0.39, 0.29) is 11.9 Å². The molecule has 1 amide bonds. The van der Waals surface area contributed by atoms with Crippen LogP contribution in [0.2, 0.25) is 0 Å². The lowest BCUT2D eigenvalue weighted by Gasteiger charge is -2.26. The SMILES string of the molecule is O=C(NC1COC1)c1ccoc1Br. The maximum Gasteiger partial charge on any atom is 0.256 e. The summed E-state index contributed by atoms with van der Waals surface area (Å²) in [6.07, 6.45) is 1.47. The van der Waals surface area contributed by atoms with Gasteiger partial charge in [0.25, 0.3) is 5.91 Å². The van der Waals surface area contributed by atoms with Gasteiger partial charge in [-0.15, -0.1) is 0 Å². The third-order valence-corrected chi connectivity index (χ3v) is 2.45. The highest BCUT2D eigenvalue weighted by atomic mass is 79.9. The van der Waals surface area contributed by atoms with E-state index < -0.39 is 0 Å². The highest BCUT2D eigenvalue weighted by molar-refractivity contribution is 9.10. The first-order valence-electron chi connectivity index (χ1n) is 3.89. The molecule has 0 atom stereocenters. The van der Waals surface area contributed by atoms with Crippen molar-refractivity contribution in [3.05, 3.63) is 22.6 Å². The van der Waals surface area contributed by atoms with Gasteiger partial charge in [0.15, 0.2) is 4.67 Å². The topological polar surface area (TPSA) is 51.5 Å². The third kappa shape index (κ3) is 1.76. The van der Waals surface area contributed by atoms with Crippen molar-refractivity contribution in [1.29, 1.82) is 0 Å². The monoisotopic (exact) mass is 245 g/mol. The Kier molecular flexibility index (Phi) is 2.37. The van der Waals surface area contributed by atoms with Crippen LogP contribution in [-0.4, -0.2) is 25.2 Å². The first kappa shape index (κ1) is 8.77. The van der Waals surface area contributed by atoms with E-state index in [9.17, 15) is 4.79 Å². The molecular formula is C8H8BrNO3. The van der Waals surface area contributed by atoms with Crippen LogP contribution in [-0.2, 0) is 4.74 Å². The summed E-state index contributed by atoms with van der Waals surface area (Å²) >= 11 is 3.14. The van der Waals surface area contributed by atoms with Gasteiger partial charge in [0, 0.05) is 0 Å². The number of amides is 1. The molecule has 0 aliphatic carbocycles. The van der Waals surface area contributed by atoms with E-state index in [4.69, 9.17) is 9.15 Å². The quantitative estimate of drug-likeness (QED) is 0.852. The molecule has 1 saturated heterocycles.